The van der Waals surface area contributed by atoms with E-state index in [0.29, 0.717) is 55.6 Å². The van der Waals surface area contributed by atoms with Crippen molar-refractivity contribution in [3.63, 3.8) is 0 Å². The number of aliphatic hydroxyl groups excluding tert-OH is 2. The van der Waals surface area contributed by atoms with Gasteiger partial charge in [-0.25, -0.2) is 18.8 Å². The van der Waals surface area contributed by atoms with Crippen LogP contribution < -0.4 is 15.6 Å². The first-order valence-corrected chi connectivity index (χ1v) is 17.2. The first-order valence-electron chi connectivity index (χ1n) is 15.5. The van der Waals surface area contributed by atoms with E-state index in [1.165, 1.54) is 12.1 Å². The number of ether oxygens (including phenoxy) is 2. The van der Waals surface area contributed by atoms with Gasteiger partial charge in [0.05, 0.1) is 23.4 Å². The van der Waals surface area contributed by atoms with Crippen molar-refractivity contribution in [3.05, 3.63) is 100 Å². The van der Waals surface area contributed by atoms with Gasteiger partial charge in [-0.05, 0) is 67.6 Å². The van der Waals surface area contributed by atoms with Crippen molar-refractivity contribution < 1.29 is 32.9 Å². The summed E-state index contributed by atoms with van der Waals surface area (Å²) >= 11 is 0. The van der Waals surface area contributed by atoms with Crippen LogP contribution >= 0.6 is 0 Å². The van der Waals surface area contributed by atoms with Gasteiger partial charge in [0.25, 0.3) is 5.91 Å². The molecule has 0 aromatic heterocycles. The molecule has 0 radical (unpaired) electrons. The largest absolute Gasteiger partial charge is 0.494 e. The van der Waals surface area contributed by atoms with Crippen LogP contribution in [0, 0.1) is 0 Å². The highest BCUT2D eigenvalue weighted by Gasteiger charge is 2.54. The lowest BCUT2D eigenvalue weighted by atomic mass is 9.84. The number of azide groups is 1. The highest BCUT2D eigenvalue weighted by atomic mass is 32.2. The summed E-state index contributed by atoms with van der Waals surface area (Å²) in [7, 11) is -3.86. The number of aliphatic hydroxyl groups is 2. The number of sulfone groups is 1. The Kier molecular flexibility index (Phi) is 11.1. The summed E-state index contributed by atoms with van der Waals surface area (Å²) in [5.41, 5.74) is 14.5. The number of nitrogens with one attached hydrogen (secondary N) is 2. The average molecular weight is 663 g/mol. The Hall–Kier alpha value is -4.46. The lowest BCUT2D eigenvalue weighted by Gasteiger charge is -2.33. The van der Waals surface area contributed by atoms with Crippen LogP contribution in [0.3, 0.4) is 0 Å². The summed E-state index contributed by atoms with van der Waals surface area (Å²) < 4.78 is 39.2. The molecule has 1 heterocycles. The second-order valence-electron chi connectivity index (χ2n) is 11.5. The molecule has 2 aliphatic rings. The van der Waals surface area contributed by atoms with Gasteiger partial charge in [0.15, 0.2) is 21.5 Å². The molecule has 5 rings (SSSR count). The van der Waals surface area contributed by atoms with Gasteiger partial charge in [0, 0.05) is 47.2 Å². The van der Waals surface area contributed by atoms with Crippen molar-refractivity contribution in [2.45, 2.75) is 67.2 Å². The summed E-state index contributed by atoms with van der Waals surface area (Å²) in [5, 5.41) is 22.8. The number of aliphatic imine (C=N–C) groups is 1. The Morgan fingerprint density at radius 2 is 1.74 bits per heavy atom. The molecule has 0 saturated heterocycles. The number of amides is 1. The molecule has 3 aromatic carbocycles. The minimum atomic E-state index is -3.86. The molecule has 1 aliphatic carbocycles. The van der Waals surface area contributed by atoms with Crippen molar-refractivity contribution in [1.82, 2.24) is 10.9 Å². The molecule has 2 atom stereocenters. The van der Waals surface area contributed by atoms with Gasteiger partial charge in [0.2, 0.25) is 5.90 Å². The van der Waals surface area contributed by atoms with Crippen LogP contribution in [0.4, 0.5) is 5.69 Å². The predicted octanol–water partition coefficient (Wildman–Crippen LogP) is 4.43. The van der Waals surface area contributed by atoms with Crippen molar-refractivity contribution >= 4 is 27.3 Å². The van der Waals surface area contributed by atoms with Gasteiger partial charge in [-0.15, -0.1) is 0 Å². The van der Waals surface area contributed by atoms with Crippen molar-refractivity contribution in [3.8, 4) is 5.75 Å². The fourth-order valence-corrected chi connectivity index (χ4v) is 7.11. The molecule has 248 valence electrons. The number of hydrazine groups is 1. The number of hydrogen-bond acceptors (Lipinski definition) is 10. The maximum absolute atomic E-state index is 14.4. The molecule has 1 amide bonds. The number of nitrogens with zero attached hydrogens (tertiary/aromatic N) is 4. The monoisotopic (exact) mass is 662 g/mol. The van der Waals surface area contributed by atoms with Crippen LogP contribution in [-0.2, 0) is 19.4 Å². The molecular weight excluding hydrogens is 624 g/mol. The first kappa shape index (κ1) is 33.9. The summed E-state index contributed by atoms with van der Waals surface area (Å²) in [6.45, 7) is 0.334. The highest BCUT2D eigenvalue weighted by molar-refractivity contribution is 7.91. The van der Waals surface area contributed by atoms with E-state index in [4.69, 9.17) is 19.6 Å². The van der Waals surface area contributed by atoms with E-state index in [0.717, 1.165) is 0 Å². The number of carbonyl (C=O) groups is 1. The zero-order chi connectivity index (χ0) is 33.3. The van der Waals surface area contributed by atoms with E-state index in [2.05, 4.69) is 20.9 Å². The molecule has 14 heteroatoms. The third kappa shape index (κ3) is 8.10. The van der Waals surface area contributed by atoms with Gasteiger partial charge in [0.1, 0.15) is 5.75 Å². The quantitative estimate of drug-likeness (QED) is 0.0639. The summed E-state index contributed by atoms with van der Waals surface area (Å²) in [6, 6.07) is 21.4. The summed E-state index contributed by atoms with van der Waals surface area (Å²) in [5.74, 6) is -0.393. The van der Waals surface area contributed by atoms with E-state index in [9.17, 15) is 23.8 Å². The second kappa shape index (κ2) is 15.4. The SMILES string of the molecule is [N-]=[N+]=Nc1ccccc1[C@@H]1OC(c2ccc(OCCCO)cc2)=N[C@]1(CCS(=O)(=O)c1ccccc1)C(=O)NNC1CCC(O)CC1. The van der Waals surface area contributed by atoms with Crippen LogP contribution in [0.5, 0.6) is 5.75 Å². The van der Waals surface area contributed by atoms with Crippen LogP contribution in [0.15, 0.2) is 93.9 Å². The van der Waals surface area contributed by atoms with Crippen LogP contribution in [0.1, 0.15) is 55.8 Å². The molecule has 4 N–H and O–H groups in total. The first-order chi connectivity index (χ1) is 22.8. The molecular formula is C33H38N6O7S. The van der Waals surface area contributed by atoms with E-state index < -0.39 is 33.1 Å². The van der Waals surface area contributed by atoms with E-state index in [1.54, 1.807) is 66.7 Å². The molecule has 1 fully saturated rings. The van der Waals surface area contributed by atoms with Crippen molar-refractivity contribution in [1.29, 1.82) is 0 Å². The predicted molar refractivity (Wildman–Crippen MR) is 175 cm³/mol. The number of hydrogen-bond donors (Lipinski definition) is 4. The zero-order valence-electron chi connectivity index (χ0n) is 25.7. The molecule has 0 unspecified atom stereocenters. The standard InChI is InChI=1S/C33H38N6O7S/c34-39-37-29-10-5-4-9-28(29)30-33(19-22-47(43,44)27-7-2-1-3-8-27,32(42)38-36-24-13-15-25(41)16-14-24)35-31(46-30)23-11-17-26(18-12-23)45-21-6-20-40/h1-5,7-12,17-18,24-25,30,36,40-41H,6,13-16,19-22H2,(H,38,42)/t24?,25?,30-,33-/m0/s1. The van der Waals surface area contributed by atoms with Crippen LogP contribution in [0.25, 0.3) is 10.4 Å². The van der Waals surface area contributed by atoms with Gasteiger partial charge < -0.3 is 19.7 Å². The summed E-state index contributed by atoms with van der Waals surface area (Å²) in [6.07, 6.45) is 1.10. The molecule has 13 nitrogen and oxygen atoms in total. The number of carbonyl (C=O) groups excluding carboxylic acids is 1. The maximum atomic E-state index is 14.4. The van der Waals surface area contributed by atoms with Gasteiger partial charge in [-0.1, -0.05) is 47.6 Å². The second-order valence-corrected chi connectivity index (χ2v) is 13.6. The van der Waals surface area contributed by atoms with E-state index in [-0.39, 0.29) is 41.7 Å². The molecule has 47 heavy (non-hydrogen) atoms. The molecule has 3 aromatic rings. The minimum Gasteiger partial charge on any atom is -0.494 e. The Balaban J connectivity index is 1.56. The highest BCUT2D eigenvalue weighted by Crippen LogP contribution is 2.46. The van der Waals surface area contributed by atoms with Crippen LogP contribution in [-0.4, -0.2) is 67.1 Å². The van der Waals surface area contributed by atoms with Crippen LogP contribution in [0.2, 0.25) is 0 Å². The Morgan fingerprint density at radius 3 is 2.45 bits per heavy atom. The van der Waals surface area contributed by atoms with Gasteiger partial charge in [-0.2, -0.15) is 0 Å². The van der Waals surface area contributed by atoms with Crippen molar-refractivity contribution in [2.75, 3.05) is 19.0 Å². The molecule has 1 aliphatic heterocycles. The fourth-order valence-electron chi connectivity index (χ4n) is 5.73. The summed E-state index contributed by atoms with van der Waals surface area (Å²) in [4.78, 5) is 22.3. The third-order valence-corrected chi connectivity index (χ3v) is 10.1. The fraction of sp³-hybridized carbons (Fsp3) is 0.394. The molecule has 1 saturated carbocycles. The molecule has 0 spiro atoms. The Bertz CT molecular complexity index is 1710. The smallest absolute Gasteiger partial charge is 0.266 e. The topological polar surface area (TPSA) is 195 Å². The normalized spacial score (nSPS) is 22.4. The number of benzene rings is 3. The Morgan fingerprint density at radius 1 is 1.04 bits per heavy atom. The zero-order valence-corrected chi connectivity index (χ0v) is 26.6. The van der Waals surface area contributed by atoms with Gasteiger partial charge >= 0.3 is 0 Å². The van der Waals surface area contributed by atoms with Gasteiger partial charge in [-0.3, -0.25) is 10.2 Å². The third-order valence-electron chi connectivity index (χ3n) is 8.34. The van der Waals surface area contributed by atoms with E-state index >= 15 is 0 Å². The van der Waals surface area contributed by atoms with Crippen molar-refractivity contribution in [2.24, 2.45) is 10.1 Å². The number of rotatable bonds is 14. The lowest BCUT2D eigenvalue weighted by Crippen LogP contribution is -2.56. The lowest BCUT2D eigenvalue weighted by molar-refractivity contribution is -0.130. The minimum absolute atomic E-state index is 0.00311. The maximum Gasteiger partial charge on any atom is 0.266 e. The average Bonchev–Trinajstić information content (AvgIpc) is 3.49. The Labute approximate surface area is 273 Å². The molecule has 0 bridgehead atoms. The van der Waals surface area contributed by atoms with E-state index in [1.807, 2.05) is 0 Å².